The second-order valence-electron chi connectivity index (χ2n) is 2.80. The summed E-state index contributed by atoms with van der Waals surface area (Å²) >= 11 is 0. The summed E-state index contributed by atoms with van der Waals surface area (Å²) in [5.74, 6) is 0.514. The highest BCUT2D eigenvalue weighted by atomic mass is 16.3. The SMILES string of the molecule is CC=C[C@@H](C)C[C@@H](O)CC. The summed E-state index contributed by atoms with van der Waals surface area (Å²) < 4.78 is 0. The maximum Gasteiger partial charge on any atom is 0.0543 e. The Bertz CT molecular complexity index is 96.9. The van der Waals surface area contributed by atoms with E-state index in [0.29, 0.717) is 5.92 Å². The molecule has 0 rings (SSSR count). The van der Waals surface area contributed by atoms with Crippen molar-refractivity contribution in [2.24, 2.45) is 5.92 Å². The summed E-state index contributed by atoms with van der Waals surface area (Å²) in [4.78, 5) is 0. The largest absolute Gasteiger partial charge is 0.393 e. The Hall–Kier alpha value is -0.300. The van der Waals surface area contributed by atoms with Gasteiger partial charge in [0.15, 0.2) is 0 Å². The molecule has 0 aromatic carbocycles. The third-order valence-electron chi connectivity index (χ3n) is 1.64. The second-order valence-corrected chi connectivity index (χ2v) is 2.80. The van der Waals surface area contributed by atoms with Gasteiger partial charge in [-0.3, -0.25) is 0 Å². The van der Waals surface area contributed by atoms with Crippen LogP contribution in [0.5, 0.6) is 0 Å². The van der Waals surface area contributed by atoms with E-state index in [0.717, 1.165) is 12.8 Å². The Kier molecular flexibility index (Phi) is 5.32. The van der Waals surface area contributed by atoms with E-state index in [1.165, 1.54) is 0 Å². The summed E-state index contributed by atoms with van der Waals surface area (Å²) in [6, 6.07) is 0. The van der Waals surface area contributed by atoms with Crippen LogP contribution in [0.4, 0.5) is 0 Å². The van der Waals surface area contributed by atoms with Gasteiger partial charge in [-0.1, -0.05) is 26.0 Å². The van der Waals surface area contributed by atoms with Crippen LogP contribution in [0.3, 0.4) is 0 Å². The maximum absolute atomic E-state index is 9.22. The first-order valence-corrected chi connectivity index (χ1v) is 4.01. The molecule has 10 heavy (non-hydrogen) atoms. The minimum absolute atomic E-state index is 0.119. The lowest BCUT2D eigenvalue weighted by molar-refractivity contribution is 0.149. The molecule has 0 aromatic rings. The van der Waals surface area contributed by atoms with Gasteiger partial charge in [0.05, 0.1) is 6.10 Å². The number of hydrogen-bond donors (Lipinski definition) is 1. The van der Waals surface area contributed by atoms with E-state index < -0.39 is 0 Å². The van der Waals surface area contributed by atoms with Gasteiger partial charge in [-0.2, -0.15) is 0 Å². The fraction of sp³-hybridized carbons (Fsp3) is 0.778. The molecule has 2 atom stereocenters. The zero-order chi connectivity index (χ0) is 7.98. The smallest absolute Gasteiger partial charge is 0.0543 e. The Labute approximate surface area is 63.8 Å². The topological polar surface area (TPSA) is 20.2 Å². The van der Waals surface area contributed by atoms with Gasteiger partial charge in [-0.15, -0.1) is 0 Å². The van der Waals surface area contributed by atoms with Gasteiger partial charge in [-0.25, -0.2) is 0 Å². The molecule has 0 fully saturated rings. The number of hydrogen-bond acceptors (Lipinski definition) is 1. The first-order chi connectivity index (χ1) is 4.70. The highest BCUT2D eigenvalue weighted by Crippen LogP contribution is 2.09. The molecule has 0 aliphatic carbocycles. The predicted molar refractivity (Wildman–Crippen MR) is 44.9 cm³/mol. The maximum atomic E-state index is 9.22. The van der Waals surface area contributed by atoms with Crippen molar-refractivity contribution in [1.82, 2.24) is 0 Å². The first-order valence-electron chi connectivity index (χ1n) is 4.01. The summed E-state index contributed by atoms with van der Waals surface area (Å²) in [7, 11) is 0. The molecule has 0 aliphatic rings. The molecule has 0 amide bonds. The van der Waals surface area contributed by atoms with Gasteiger partial charge in [0.25, 0.3) is 0 Å². The predicted octanol–water partition coefficient (Wildman–Crippen LogP) is 2.36. The standard InChI is InChI=1S/C9H18O/c1-4-6-8(3)7-9(10)5-2/h4,6,8-10H,5,7H2,1-3H3/t8-,9+/m1/s1. The van der Waals surface area contributed by atoms with Crippen LogP contribution in [0, 0.1) is 5.92 Å². The van der Waals surface area contributed by atoms with Crippen molar-refractivity contribution in [3.63, 3.8) is 0 Å². The van der Waals surface area contributed by atoms with Crippen molar-refractivity contribution >= 4 is 0 Å². The average Bonchev–Trinajstić information content (AvgIpc) is 1.88. The molecule has 1 N–H and O–H groups in total. The molecule has 0 saturated heterocycles. The highest BCUT2D eigenvalue weighted by Gasteiger charge is 2.03. The molecule has 60 valence electrons. The summed E-state index contributed by atoms with van der Waals surface area (Å²) in [6.07, 6.45) is 5.79. The van der Waals surface area contributed by atoms with Crippen molar-refractivity contribution in [1.29, 1.82) is 0 Å². The average molecular weight is 142 g/mol. The Balaban J connectivity index is 3.46. The van der Waals surface area contributed by atoms with Crippen molar-refractivity contribution < 1.29 is 5.11 Å². The molecule has 0 saturated carbocycles. The number of allylic oxidation sites excluding steroid dienone is 2. The highest BCUT2D eigenvalue weighted by molar-refractivity contribution is 4.83. The van der Waals surface area contributed by atoms with E-state index in [1.807, 2.05) is 19.9 Å². The van der Waals surface area contributed by atoms with Crippen molar-refractivity contribution in [3.05, 3.63) is 12.2 Å². The van der Waals surface area contributed by atoms with Crippen LogP contribution >= 0.6 is 0 Å². The minimum atomic E-state index is -0.119. The first kappa shape index (κ1) is 9.70. The van der Waals surface area contributed by atoms with E-state index >= 15 is 0 Å². The van der Waals surface area contributed by atoms with Crippen LogP contribution in [-0.2, 0) is 0 Å². The zero-order valence-corrected chi connectivity index (χ0v) is 7.17. The molecule has 0 bridgehead atoms. The van der Waals surface area contributed by atoms with Crippen LogP contribution in [0.25, 0.3) is 0 Å². The Morgan fingerprint density at radius 2 is 2.10 bits per heavy atom. The third kappa shape index (κ3) is 4.57. The van der Waals surface area contributed by atoms with Crippen molar-refractivity contribution in [3.8, 4) is 0 Å². The molecule has 1 nitrogen and oxygen atoms in total. The lowest BCUT2D eigenvalue weighted by atomic mass is 10.0. The van der Waals surface area contributed by atoms with Crippen LogP contribution in [0.2, 0.25) is 0 Å². The normalized spacial score (nSPS) is 17.6. The van der Waals surface area contributed by atoms with E-state index in [9.17, 15) is 5.11 Å². The van der Waals surface area contributed by atoms with Gasteiger partial charge in [0, 0.05) is 0 Å². The Morgan fingerprint density at radius 3 is 2.50 bits per heavy atom. The number of rotatable bonds is 4. The Morgan fingerprint density at radius 1 is 1.50 bits per heavy atom. The fourth-order valence-electron chi connectivity index (χ4n) is 1.00. The van der Waals surface area contributed by atoms with Crippen molar-refractivity contribution in [2.45, 2.75) is 39.7 Å². The molecular formula is C9H18O. The van der Waals surface area contributed by atoms with Crippen LogP contribution < -0.4 is 0 Å². The van der Waals surface area contributed by atoms with E-state index in [-0.39, 0.29) is 6.10 Å². The summed E-state index contributed by atoms with van der Waals surface area (Å²) in [5.41, 5.74) is 0. The zero-order valence-electron chi connectivity index (χ0n) is 7.17. The lowest BCUT2D eigenvalue weighted by Gasteiger charge is -2.10. The van der Waals surface area contributed by atoms with Gasteiger partial charge < -0.3 is 5.11 Å². The van der Waals surface area contributed by atoms with Gasteiger partial charge in [0.2, 0.25) is 0 Å². The van der Waals surface area contributed by atoms with Crippen LogP contribution in [0.1, 0.15) is 33.6 Å². The molecule has 0 aliphatic heterocycles. The van der Waals surface area contributed by atoms with Crippen LogP contribution in [0.15, 0.2) is 12.2 Å². The molecule has 1 heteroatoms. The molecule has 0 heterocycles. The molecular weight excluding hydrogens is 124 g/mol. The number of aliphatic hydroxyl groups is 1. The fourth-order valence-corrected chi connectivity index (χ4v) is 1.00. The van der Waals surface area contributed by atoms with E-state index in [4.69, 9.17) is 0 Å². The van der Waals surface area contributed by atoms with E-state index in [1.54, 1.807) is 0 Å². The lowest BCUT2D eigenvalue weighted by Crippen LogP contribution is -2.08. The molecule has 0 spiro atoms. The molecule has 0 radical (unpaired) electrons. The van der Waals surface area contributed by atoms with Crippen molar-refractivity contribution in [2.75, 3.05) is 0 Å². The van der Waals surface area contributed by atoms with Gasteiger partial charge in [-0.05, 0) is 25.7 Å². The monoisotopic (exact) mass is 142 g/mol. The minimum Gasteiger partial charge on any atom is -0.393 e. The third-order valence-corrected chi connectivity index (χ3v) is 1.64. The van der Waals surface area contributed by atoms with E-state index in [2.05, 4.69) is 13.0 Å². The quantitative estimate of drug-likeness (QED) is 0.597. The summed E-state index contributed by atoms with van der Waals surface area (Å²) in [5, 5.41) is 9.22. The van der Waals surface area contributed by atoms with Gasteiger partial charge in [0.1, 0.15) is 0 Å². The van der Waals surface area contributed by atoms with Gasteiger partial charge >= 0.3 is 0 Å². The molecule has 0 unspecified atom stereocenters. The summed E-state index contributed by atoms with van der Waals surface area (Å²) in [6.45, 7) is 6.14. The number of aliphatic hydroxyl groups excluding tert-OH is 1. The van der Waals surface area contributed by atoms with Crippen LogP contribution in [-0.4, -0.2) is 11.2 Å². The molecule has 0 aromatic heterocycles. The second kappa shape index (κ2) is 5.48.